The van der Waals surface area contributed by atoms with Crippen LogP contribution in [0, 0.1) is 32.1 Å². The van der Waals surface area contributed by atoms with Crippen LogP contribution in [0.15, 0.2) is 12.3 Å². The summed E-state index contributed by atoms with van der Waals surface area (Å²) in [6, 6.07) is 4.12. The van der Waals surface area contributed by atoms with Gasteiger partial charge in [0.2, 0.25) is 0 Å². The third-order valence-electron chi connectivity index (χ3n) is 3.41. The maximum atomic E-state index is 8.69. The summed E-state index contributed by atoms with van der Waals surface area (Å²) >= 11 is 0. The van der Waals surface area contributed by atoms with Crippen LogP contribution in [0.5, 0.6) is 5.75 Å². The quantitative estimate of drug-likeness (QED) is 0.916. The summed E-state index contributed by atoms with van der Waals surface area (Å²) in [6.07, 6.45) is 2.08. The Morgan fingerprint density at radius 3 is 2.68 bits per heavy atom. The van der Waals surface area contributed by atoms with Crippen LogP contribution in [0.25, 0.3) is 11.3 Å². The number of methoxy groups -OCH3 is 1. The molecule has 2 aromatic rings. The molecule has 4 nitrogen and oxygen atoms in total. The first-order valence-electron chi connectivity index (χ1n) is 6.14. The van der Waals surface area contributed by atoms with E-state index in [1.165, 1.54) is 5.56 Å². The van der Waals surface area contributed by atoms with E-state index in [-0.39, 0.29) is 0 Å². The van der Waals surface area contributed by atoms with Crippen LogP contribution in [0.2, 0.25) is 0 Å². The van der Waals surface area contributed by atoms with Crippen LogP contribution < -0.4 is 4.74 Å². The van der Waals surface area contributed by atoms with E-state index in [2.05, 4.69) is 29.9 Å². The molecule has 0 aliphatic carbocycles. The van der Waals surface area contributed by atoms with Crippen LogP contribution in [-0.4, -0.2) is 17.1 Å². The molecule has 1 aromatic heterocycles. The molecule has 0 aliphatic heterocycles. The smallest absolute Gasteiger partial charge is 0.122 e. The third kappa shape index (κ3) is 2.32. The van der Waals surface area contributed by atoms with Crippen molar-refractivity contribution in [3.63, 3.8) is 0 Å². The summed E-state index contributed by atoms with van der Waals surface area (Å²) < 4.78 is 5.37. The van der Waals surface area contributed by atoms with Gasteiger partial charge in [-0.1, -0.05) is 0 Å². The third-order valence-corrected chi connectivity index (χ3v) is 3.41. The van der Waals surface area contributed by atoms with E-state index in [1.807, 2.05) is 13.0 Å². The Morgan fingerprint density at radius 2 is 2.05 bits per heavy atom. The normalized spacial score (nSPS) is 10.3. The Balaban J connectivity index is 2.56. The summed E-state index contributed by atoms with van der Waals surface area (Å²) in [5, 5.41) is 8.69. The number of nitrogens with one attached hydrogen (secondary N) is 1. The van der Waals surface area contributed by atoms with Crippen molar-refractivity contribution in [2.45, 2.75) is 27.2 Å². The van der Waals surface area contributed by atoms with Gasteiger partial charge >= 0.3 is 0 Å². The van der Waals surface area contributed by atoms with Crippen molar-refractivity contribution < 1.29 is 4.74 Å². The molecule has 0 fully saturated rings. The number of nitrogens with zero attached hydrogens (tertiary/aromatic N) is 2. The molecule has 0 amide bonds. The number of aromatic nitrogens is 2. The van der Waals surface area contributed by atoms with Crippen LogP contribution >= 0.6 is 0 Å². The summed E-state index contributed by atoms with van der Waals surface area (Å²) in [5.74, 6) is 1.60. The minimum absolute atomic E-state index is 0.299. The van der Waals surface area contributed by atoms with Gasteiger partial charge in [0.1, 0.15) is 11.6 Å². The van der Waals surface area contributed by atoms with E-state index in [0.29, 0.717) is 12.2 Å². The number of benzene rings is 1. The van der Waals surface area contributed by atoms with E-state index in [4.69, 9.17) is 10.00 Å². The Hall–Kier alpha value is -2.28. The average Bonchev–Trinajstić information content (AvgIpc) is 2.83. The van der Waals surface area contributed by atoms with Crippen LogP contribution in [-0.2, 0) is 6.42 Å². The Kier molecular flexibility index (Phi) is 3.57. The molecule has 0 saturated carbocycles. The number of aryl methyl sites for hydroxylation is 1. The molecule has 0 saturated heterocycles. The van der Waals surface area contributed by atoms with E-state index in [0.717, 1.165) is 28.1 Å². The molecule has 2 rings (SSSR count). The van der Waals surface area contributed by atoms with Gasteiger partial charge in [0.15, 0.2) is 0 Å². The second-order valence-corrected chi connectivity index (χ2v) is 4.60. The lowest BCUT2D eigenvalue weighted by Gasteiger charge is -2.14. The van der Waals surface area contributed by atoms with E-state index in [9.17, 15) is 0 Å². The lowest BCUT2D eigenvalue weighted by molar-refractivity contribution is 0.411. The van der Waals surface area contributed by atoms with Crippen molar-refractivity contribution >= 4 is 0 Å². The van der Waals surface area contributed by atoms with Crippen molar-refractivity contribution in [2.75, 3.05) is 7.11 Å². The Bertz CT molecular complexity index is 650. The first-order valence-corrected chi connectivity index (χ1v) is 6.14. The maximum absolute atomic E-state index is 8.69. The van der Waals surface area contributed by atoms with Crippen molar-refractivity contribution in [1.82, 2.24) is 9.97 Å². The van der Waals surface area contributed by atoms with Gasteiger partial charge in [-0.2, -0.15) is 5.26 Å². The van der Waals surface area contributed by atoms with Crippen molar-refractivity contribution in [3.8, 4) is 23.1 Å². The van der Waals surface area contributed by atoms with Crippen molar-refractivity contribution in [3.05, 3.63) is 34.8 Å². The minimum Gasteiger partial charge on any atom is -0.496 e. The first-order chi connectivity index (χ1) is 9.08. The minimum atomic E-state index is 0.299. The number of ether oxygens (including phenoxy) is 1. The van der Waals surface area contributed by atoms with Gasteiger partial charge < -0.3 is 9.72 Å². The zero-order valence-corrected chi connectivity index (χ0v) is 11.7. The van der Waals surface area contributed by atoms with Gasteiger partial charge in [-0.25, -0.2) is 4.98 Å². The highest BCUT2D eigenvalue weighted by molar-refractivity contribution is 5.70. The molecule has 4 heteroatoms. The average molecular weight is 255 g/mol. The van der Waals surface area contributed by atoms with E-state index in [1.54, 1.807) is 13.3 Å². The summed E-state index contributed by atoms with van der Waals surface area (Å²) in [5.41, 5.74) is 5.51. The number of H-pyrrole nitrogens is 1. The monoisotopic (exact) mass is 255 g/mol. The zero-order chi connectivity index (χ0) is 14.0. The summed E-state index contributed by atoms with van der Waals surface area (Å²) in [6.45, 7) is 6.17. The lowest BCUT2D eigenvalue weighted by atomic mass is 9.95. The number of aromatic amines is 1. The highest BCUT2D eigenvalue weighted by atomic mass is 16.5. The van der Waals surface area contributed by atoms with Gasteiger partial charge in [-0.15, -0.1) is 0 Å². The lowest BCUT2D eigenvalue weighted by Crippen LogP contribution is -1.96. The van der Waals surface area contributed by atoms with Crippen molar-refractivity contribution in [1.29, 1.82) is 5.26 Å². The summed E-state index contributed by atoms with van der Waals surface area (Å²) in [7, 11) is 1.68. The predicted molar refractivity (Wildman–Crippen MR) is 74.1 cm³/mol. The number of hydrogen-bond donors (Lipinski definition) is 1. The first kappa shape index (κ1) is 13.2. The largest absolute Gasteiger partial charge is 0.496 e. The van der Waals surface area contributed by atoms with Crippen molar-refractivity contribution in [2.24, 2.45) is 0 Å². The number of rotatable bonds is 3. The fourth-order valence-corrected chi connectivity index (χ4v) is 2.33. The van der Waals surface area contributed by atoms with Gasteiger partial charge in [0.05, 0.1) is 31.5 Å². The fraction of sp³-hybridized carbons (Fsp3) is 0.333. The number of imidazole rings is 1. The SMILES string of the molecule is COc1cc(C)c(-c2cnc(CC#N)[nH]2)c(C)c1C. The second-order valence-electron chi connectivity index (χ2n) is 4.60. The topological polar surface area (TPSA) is 61.7 Å². The summed E-state index contributed by atoms with van der Waals surface area (Å²) in [4.78, 5) is 7.43. The van der Waals surface area contributed by atoms with Crippen LogP contribution in [0.1, 0.15) is 22.5 Å². The van der Waals surface area contributed by atoms with Gasteiger partial charge in [-0.05, 0) is 43.5 Å². The molecular formula is C15H17N3O. The fourth-order valence-electron chi connectivity index (χ4n) is 2.33. The zero-order valence-electron chi connectivity index (χ0n) is 11.7. The Labute approximate surface area is 113 Å². The molecule has 0 aliphatic rings. The second kappa shape index (κ2) is 5.15. The molecule has 0 radical (unpaired) electrons. The van der Waals surface area contributed by atoms with E-state index < -0.39 is 0 Å². The highest BCUT2D eigenvalue weighted by Gasteiger charge is 2.14. The molecule has 0 atom stereocenters. The molecule has 19 heavy (non-hydrogen) atoms. The van der Waals surface area contributed by atoms with Crippen LogP contribution in [0.3, 0.4) is 0 Å². The standard InChI is InChI=1S/C15H17N3O/c1-9-7-13(19-4)10(2)11(3)15(9)12-8-17-14(18-12)5-6-16/h7-8H,5H2,1-4H3,(H,17,18). The highest BCUT2D eigenvalue weighted by Crippen LogP contribution is 2.33. The number of hydrogen-bond acceptors (Lipinski definition) is 3. The van der Waals surface area contributed by atoms with E-state index >= 15 is 0 Å². The molecule has 0 unspecified atom stereocenters. The Morgan fingerprint density at radius 1 is 1.32 bits per heavy atom. The number of nitriles is 1. The molecule has 0 spiro atoms. The van der Waals surface area contributed by atoms with Gasteiger partial charge in [0, 0.05) is 5.56 Å². The predicted octanol–water partition coefficient (Wildman–Crippen LogP) is 3.08. The molecular weight excluding hydrogens is 238 g/mol. The van der Waals surface area contributed by atoms with Gasteiger partial charge in [-0.3, -0.25) is 0 Å². The van der Waals surface area contributed by atoms with Gasteiger partial charge in [0.25, 0.3) is 0 Å². The maximum Gasteiger partial charge on any atom is 0.122 e. The molecule has 1 aromatic carbocycles. The molecule has 0 bridgehead atoms. The molecule has 98 valence electrons. The molecule has 1 heterocycles. The van der Waals surface area contributed by atoms with Crippen LogP contribution in [0.4, 0.5) is 0 Å². The molecule has 1 N–H and O–H groups in total.